The van der Waals surface area contributed by atoms with Crippen LogP contribution in [0.25, 0.3) is 16.0 Å². The van der Waals surface area contributed by atoms with E-state index in [0.717, 1.165) is 51.8 Å². The Hall–Kier alpha value is -2.90. The molecule has 0 aliphatic carbocycles. The molecule has 0 radical (unpaired) electrons. The van der Waals surface area contributed by atoms with E-state index >= 15 is 0 Å². The summed E-state index contributed by atoms with van der Waals surface area (Å²) in [5.41, 5.74) is 5.07. The van der Waals surface area contributed by atoms with Crippen LogP contribution >= 0.6 is 22.9 Å². The summed E-state index contributed by atoms with van der Waals surface area (Å²) in [6.45, 7) is 7.70. The first kappa shape index (κ1) is 22.9. The highest BCUT2D eigenvalue weighted by atomic mass is 35.5. The van der Waals surface area contributed by atoms with E-state index < -0.39 is 0 Å². The summed E-state index contributed by atoms with van der Waals surface area (Å²) in [6.07, 6.45) is 1.86. The van der Waals surface area contributed by atoms with Crippen LogP contribution in [0.5, 0.6) is 0 Å². The van der Waals surface area contributed by atoms with Gasteiger partial charge in [-0.3, -0.25) is 4.79 Å². The Morgan fingerprint density at radius 3 is 2.62 bits per heavy atom. The van der Waals surface area contributed by atoms with Crippen molar-refractivity contribution >= 4 is 44.3 Å². The van der Waals surface area contributed by atoms with Crippen LogP contribution in [-0.4, -0.2) is 33.8 Å². The average molecular weight is 494 g/mol. The second-order valence-electron chi connectivity index (χ2n) is 9.05. The monoisotopic (exact) mass is 493 g/mol. The quantitative estimate of drug-likeness (QED) is 0.379. The lowest BCUT2D eigenvalue weighted by molar-refractivity contribution is -0.125. The molecule has 1 fully saturated rings. The van der Waals surface area contributed by atoms with Crippen LogP contribution in [0.3, 0.4) is 0 Å². The normalized spacial score (nSPS) is 17.2. The molecule has 1 saturated heterocycles. The molecule has 6 nitrogen and oxygen atoms in total. The topological polar surface area (TPSA) is 63.1 Å². The van der Waals surface area contributed by atoms with Gasteiger partial charge in [-0.05, 0) is 63.4 Å². The molecule has 176 valence electrons. The van der Waals surface area contributed by atoms with Crippen molar-refractivity contribution in [3.05, 3.63) is 70.4 Å². The molecule has 1 amide bonds. The van der Waals surface area contributed by atoms with E-state index in [2.05, 4.69) is 46.5 Å². The van der Waals surface area contributed by atoms with Gasteiger partial charge in [0.1, 0.15) is 0 Å². The van der Waals surface area contributed by atoms with E-state index in [-0.39, 0.29) is 17.9 Å². The number of carbonyl (C=O) groups excluding carboxylic acids is 1. The van der Waals surface area contributed by atoms with Gasteiger partial charge in [-0.2, -0.15) is 10.1 Å². The molecule has 3 heterocycles. The molecule has 1 N–H and O–H groups in total. The summed E-state index contributed by atoms with van der Waals surface area (Å²) in [7, 11) is 0. The standard InChI is InChI=1S/C26H28ClN5OS/c1-16-6-8-19(9-7-16)17(2)28-25(33)20-5-4-14-31(15-20)26-29-24-23(34-26)18(3)30-32(24)22-12-10-21(27)11-13-22/h6-13,17,20H,4-5,14-15H2,1-3H3,(H,28,33)/t17-,20-/m0/s1. The van der Waals surface area contributed by atoms with Crippen LogP contribution in [0, 0.1) is 19.8 Å². The van der Waals surface area contributed by atoms with Gasteiger partial charge in [0, 0.05) is 18.1 Å². The molecule has 0 saturated carbocycles. The molecule has 34 heavy (non-hydrogen) atoms. The Labute approximate surface area is 208 Å². The molecule has 8 heteroatoms. The number of nitrogens with one attached hydrogen (secondary N) is 1. The van der Waals surface area contributed by atoms with Gasteiger partial charge in [-0.1, -0.05) is 52.8 Å². The smallest absolute Gasteiger partial charge is 0.225 e. The first-order chi connectivity index (χ1) is 16.4. The highest BCUT2D eigenvalue weighted by molar-refractivity contribution is 7.22. The number of anilines is 1. The van der Waals surface area contributed by atoms with Crippen LogP contribution in [-0.2, 0) is 4.79 Å². The number of hydrogen-bond acceptors (Lipinski definition) is 5. The zero-order valence-electron chi connectivity index (χ0n) is 19.6. The zero-order chi connectivity index (χ0) is 23.8. The summed E-state index contributed by atoms with van der Waals surface area (Å²) < 4.78 is 2.95. The van der Waals surface area contributed by atoms with Crippen molar-refractivity contribution < 1.29 is 4.79 Å². The van der Waals surface area contributed by atoms with Gasteiger partial charge in [0.15, 0.2) is 10.8 Å². The highest BCUT2D eigenvalue weighted by Crippen LogP contribution is 2.34. The van der Waals surface area contributed by atoms with Crippen molar-refractivity contribution in [2.24, 2.45) is 5.92 Å². The maximum atomic E-state index is 13.1. The zero-order valence-corrected chi connectivity index (χ0v) is 21.2. The van der Waals surface area contributed by atoms with Gasteiger partial charge < -0.3 is 10.2 Å². The fraction of sp³-hybridized carbons (Fsp3) is 0.346. The molecule has 4 aromatic rings. The summed E-state index contributed by atoms with van der Waals surface area (Å²) in [6, 6.07) is 15.9. The third-order valence-corrected chi connectivity index (χ3v) is 7.91. The number of nitrogens with zero attached hydrogens (tertiary/aromatic N) is 4. The van der Waals surface area contributed by atoms with Crippen molar-refractivity contribution in [3.8, 4) is 5.69 Å². The van der Waals surface area contributed by atoms with Gasteiger partial charge in [-0.15, -0.1) is 0 Å². The van der Waals surface area contributed by atoms with Crippen molar-refractivity contribution in [1.82, 2.24) is 20.1 Å². The fourth-order valence-corrected chi connectivity index (χ4v) is 5.60. The highest BCUT2D eigenvalue weighted by Gasteiger charge is 2.29. The van der Waals surface area contributed by atoms with E-state index in [1.54, 1.807) is 11.3 Å². The first-order valence-corrected chi connectivity index (χ1v) is 12.8. The number of carbonyl (C=O) groups is 1. The molecule has 0 unspecified atom stereocenters. The Bertz CT molecular complexity index is 1310. The second kappa shape index (κ2) is 9.39. The van der Waals surface area contributed by atoms with Crippen LogP contribution in [0.4, 0.5) is 5.13 Å². The molecule has 2 aromatic carbocycles. The predicted molar refractivity (Wildman–Crippen MR) is 139 cm³/mol. The van der Waals surface area contributed by atoms with E-state index in [1.807, 2.05) is 42.8 Å². The molecule has 0 spiro atoms. The third kappa shape index (κ3) is 4.55. The maximum Gasteiger partial charge on any atom is 0.225 e. The Morgan fingerprint density at radius 2 is 1.88 bits per heavy atom. The number of aryl methyl sites for hydroxylation is 2. The fourth-order valence-electron chi connectivity index (χ4n) is 4.46. The van der Waals surface area contributed by atoms with E-state index in [0.29, 0.717) is 11.6 Å². The van der Waals surface area contributed by atoms with Gasteiger partial charge in [-0.25, -0.2) is 4.68 Å². The van der Waals surface area contributed by atoms with Crippen LogP contribution < -0.4 is 10.2 Å². The van der Waals surface area contributed by atoms with Gasteiger partial charge in [0.25, 0.3) is 0 Å². The van der Waals surface area contributed by atoms with Crippen molar-refractivity contribution in [1.29, 1.82) is 0 Å². The summed E-state index contributed by atoms with van der Waals surface area (Å²) in [4.78, 5) is 20.3. The summed E-state index contributed by atoms with van der Waals surface area (Å²) in [5.74, 6) is 0.0601. The van der Waals surface area contributed by atoms with Gasteiger partial charge >= 0.3 is 0 Å². The van der Waals surface area contributed by atoms with Crippen molar-refractivity contribution in [3.63, 3.8) is 0 Å². The lowest BCUT2D eigenvalue weighted by Crippen LogP contribution is -2.43. The SMILES string of the molecule is Cc1ccc([C@H](C)NC(=O)[C@H]2CCCN(c3nc4c(s3)c(C)nn4-c3ccc(Cl)cc3)C2)cc1. The molecule has 2 aromatic heterocycles. The predicted octanol–water partition coefficient (Wildman–Crippen LogP) is 5.85. The second-order valence-corrected chi connectivity index (χ2v) is 10.5. The van der Waals surface area contributed by atoms with Crippen LogP contribution in [0.15, 0.2) is 48.5 Å². The summed E-state index contributed by atoms with van der Waals surface area (Å²) in [5, 5.41) is 9.54. The molecular weight excluding hydrogens is 466 g/mol. The van der Waals surface area contributed by atoms with Gasteiger partial charge in [0.05, 0.1) is 28.0 Å². The number of fused-ring (bicyclic) bond motifs is 1. The average Bonchev–Trinajstić information content (AvgIpc) is 3.41. The number of aromatic nitrogens is 3. The molecule has 2 atom stereocenters. The minimum absolute atomic E-state index is 0.0149. The van der Waals surface area contributed by atoms with Gasteiger partial charge in [0.2, 0.25) is 5.91 Å². The first-order valence-electron chi connectivity index (χ1n) is 11.6. The molecule has 1 aliphatic heterocycles. The third-order valence-electron chi connectivity index (χ3n) is 6.45. The van der Waals surface area contributed by atoms with E-state index in [4.69, 9.17) is 16.6 Å². The van der Waals surface area contributed by atoms with Crippen molar-refractivity contribution in [2.45, 2.75) is 39.7 Å². The Kier molecular flexibility index (Phi) is 6.32. The maximum absolute atomic E-state index is 13.1. The number of hydrogen-bond donors (Lipinski definition) is 1. The lowest BCUT2D eigenvalue weighted by Gasteiger charge is -2.32. The van der Waals surface area contributed by atoms with Crippen LogP contribution in [0.2, 0.25) is 5.02 Å². The Balaban J connectivity index is 1.32. The number of halogens is 1. The van der Waals surface area contributed by atoms with E-state index in [9.17, 15) is 4.79 Å². The number of rotatable bonds is 5. The number of thiazole rings is 1. The minimum atomic E-state index is -0.0532. The number of piperidine rings is 1. The van der Waals surface area contributed by atoms with Crippen molar-refractivity contribution in [2.75, 3.05) is 18.0 Å². The molecule has 0 bridgehead atoms. The minimum Gasteiger partial charge on any atom is -0.349 e. The lowest BCUT2D eigenvalue weighted by atomic mass is 9.96. The largest absolute Gasteiger partial charge is 0.349 e. The molecule has 1 aliphatic rings. The Morgan fingerprint density at radius 1 is 1.15 bits per heavy atom. The summed E-state index contributed by atoms with van der Waals surface area (Å²) >= 11 is 7.71. The number of benzene rings is 2. The number of amides is 1. The van der Waals surface area contributed by atoms with E-state index in [1.165, 1.54) is 5.56 Å². The molecular formula is C26H28ClN5OS. The van der Waals surface area contributed by atoms with Crippen LogP contribution in [0.1, 0.15) is 42.6 Å². The molecule has 5 rings (SSSR count).